The van der Waals surface area contributed by atoms with Crippen molar-refractivity contribution < 1.29 is 0 Å². The van der Waals surface area contributed by atoms with Gasteiger partial charge in [-0.05, 0) is 49.2 Å². The van der Waals surface area contributed by atoms with Gasteiger partial charge in [0.1, 0.15) is 0 Å². The summed E-state index contributed by atoms with van der Waals surface area (Å²) in [5.74, 6) is 0. The van der Waals surface area contributed by atoms with E-state index in [-0.39, 0.29) is 0 Å². The van der Waals surface area contributed by atoms with Crippen LogP contribution in [0.3, 0.4) is 0 Å². The fourth-order valence-electron chi connectivity index (χ4n) is 2.17. The van der Waals surface area contributed by atoms with E-state index >= 15 is 0 Å². The van der Waals surface area contributed by atoms with Crippen LogP contribution in [-0.2, 0) is 0 Å². The molecule has 0 spiro atoms. The zero-order chi connectivity index (χ0) is 13.7. The minimum Gasteiger partial charge on any atom is -0.0798 e. The van der Waals surface area contributed by atoms with Crippen LogP contribution in [0.15, 0.2) is 64.5 Å². The second-order valence-electron chi connectivity index (χ2n) is 4.88. The fraction of sp³-hybridized carbons (Fsp3) is 0.125. The van der Waals surface area contributed by atoms with E-state index in [1.54, 1.807) is 0 Å². The molecule has 0 fully saturated rings. The SMILES string of the molecule is Cc1ccc2c(c1)S/C(=C1\Sc3ccc(C)cc3S1)S2. The van der Waals surface area contributed by atoms with E-state index < -0.39 is 0 Å². The van der Waals surface area contributed by atoms with E-state index in [0.717, 1.165) is 0 Å². The van der Waals surface area contributed by atoms with Gasteiger partial charge in [-0.25, -0.2) is 0 Å². The highest BCUT2D eigenvalue weighted by Crippen LogP contribution is 2.61. The molecule has 0 atom stereocenters. The van der Waals surface area contributed by atoms with Gasteiger partial charge in [0.25, 0.3) is 0 Å². The first-order valence-electron chi connectivity index (χ1n) is 6.36. The van der Waals surface area contributed by atoms with Crippen LogP contribution >= 0.6 is 47.0 Å². The van der Waals surface area contributed by atoms with Crippen LogP contribution in [0.4, 0.5) is 0 Å². The predicted octanol–water partition coefficient (Wildman–Crippen LogP) is 6.53. The number of thioether (sulfide) groups is 4. The Kier molecular flexibility index (Phi) is 3.38. The van der Waals surface area contributed by atoms with Crippen LogP contribution in [0.5, 0.6) is 0 Å². The summed E-state index contributed by atoms with van der Waals surface area (Å²) in [7, 11) is 0. The maximum atomic E-state index is 2.29. The van der Waals surface area contributed by atoms with Crippen LogP contribution in [-0.4, -0.2) is 0 Å². The summed E-state index contributed by atoms with van der Waals surface area (Å²) in [6.07, 6.45) is 0. The lowest BCUT2D eigenvalue weighted by Gasteiger charge is -1.98. The molecule has 0 N–H and O–H groups in total. The number of rotatable bonds is 0. The maximum absolute atomic E-state index is 2.29. The van der Waals surface area contributed by atoms with Gasteiger partial charge in [0.05, 0.1) is 8.47 Å². The van der Waals surface area contributed by atoms with E-state index in [1.807, 2.05) is 47.0 Å². The van der Waals surface area contributed by atoms with Gasteiger partial charge in [0.15, 0.2) is 0 Å². The van der Waals surface area contributed by atoms with Crippen molar-refractivity contribution in [1.82, 2.24) is 0 Å². The first-order chi connectivity index (χ1) is 9.69. The summed E-state index contributed by atoms with van der Waals surface area (Å²) in [6, 6.07) is 13.5. The van der Waals surface area contributed by atoms with Gasteiger partial charge in [0.2, 0.25) is 0 Å². The van der Waals surface area contributed by atoms with E-state index in [0.29, 0.717) is 0 Å². The molecule has 2 aliphatic rings. The van der Waals surface area contributed by atoms with Gasteiger partial charge in [-0.1, -0.05) is 59.2 Å². The van der Waals surface area contributed by atoms with Crippen molar-refractivity contribution in [1.29, 1.82) is 0 Å². The van der Waals surface area contributed by atoms with Crippen LogP contribution in [0.25, 0.3) is 0 Å². The summed E-state index contributed by atoms with van der Waals surface area (Å²) in [6.45, 7) is 4.32. The molecule has 0 amide bonds. The van der Waals surface area contributed by atoms with Crippen molar-refractivity contribution in [3.05, 3.63) is 56.0 Å². The minimum atomic E-state index is 1.34. The number of benzene rings is 2. The summed E-state index contributed by atoms with van der Waals surface area (Å²) in [5, 5.41) is 0. The number of fused-ring (bicyclic) bond motifs is 2. The average molecular weight is 333 g/mol. The third kappa shape index (κ3) is 2.33. The van der Waals surface area contributed by atoms with Crippen LogP contribution < -0.4 is 0 Å². The molecule has 0 unspecified atom stereocenters. The van der Waals surface area contributed by atoms with Crippen molar-refractivity contribution >= 4 is 47.0 Å². The Morgan fingerprint density at radius 2 is 0.950 bits per heavy atom. The lowest BCUT2D eigenvalue weighted by molar-refractivity contribution is 1.23. The van der Waals surface area contributed by atoms with Gasteiger partial charge in [0, 0.05) is 19.6 Å². The minimum absolute atomic E-state index is 1.34. The largest absolute Gasteiger partial charge is 0.0798 e. The number of hydrogen-bond donors (Lipinski definition) is 0. The van der Waals surface area contributed by atoms with Crippen molar-refractivity contribution in [2.75, 3.05) is 0 Å². The molecule has 0 radical (unpaired) electrons. The summed E-state index contributed by atoms with van der Waals surface area (Å²) >= 11 is 7.68. The Bertz CT molecular complexity index is 683. The molecule has 0 aromatic heterocycles. The highest BCUT2D eigenvalue weighted by Gasteiger charge is 2.26. The normalized spacial score (nSPS) is 20.1. The molecule has 4 rings (SSSR count). The van der Waals surface area contributed by atoms with Crippen LogP contribution in [0, 0.1) is 13.8 Å². The third-order valence-corrected chi connectivity index (χ3v) is 8.78. The summed E-state index contributed by atoms with van der Waals surface area (Å²) < 4.78 is 2.88. The standard InChI is InChI=1S/C16H12S4/c1-9-3-5-11-13(7-9)19-15(17-11)16-18-12-6-4-10(2)8-14(12)20-16/h3-8H,1-2H3/b16-15+. The zero-order valence-corrected chi connectivity index (χ0v) is 14.4. The van der Waals surface area contributed by atoms with Crippen molar-refractivity contribution in [3.8, 4) is 0 Å². The first-order valence-corrected chi connectivity index (χ1v) is 9.63. The Morgan fingerprint density at radius 1 is 0.550 bits per heavy atom. The second kappa shape index (κ2) is 5.09. The highest BCUT2D eigenvalue weighted by molar-refractivity contribution is 8.30. The Morgan fingerprint density at radius 3 is 1.40 bits per heavy atom. The lowest BCUT2D eigenvalue weighted by atomic mass is 10.2. The van der Waals surface area contributed by atoms with E-state index in [4.69, 9.17) is 0 Å². The molecule has 0 bridgehead atoms. The Balaban J connectivity index is 1.68. The molecule has 0 aliphatic carbocycles. The number of hydrogen-bond acceptors (Lipinski definition) is 4. The smallest absolute Gasteiger partial charge is 0.0706 e. The van der Waals surface area contributed by atoms with Crippen LogP contribution in [0.2, 0.25) is 0 Å². The van der Waals surface area contributed by atoms with Gasteiger partial charge < -0.3 is 0 Å². The first kappa shape index (κ1) is 13.3. The molecule has 0 saturated carbocycles. The average Bonchev–Trinajstić information content (AvgIpc) is 3.00. The molecule has 2 aromatic carbocycles. The monoisotopic (exact) mass is 332 g/mol. The molecule has 0 nitrogen and oxygen atoms in total. The Hall–Kier alpha value is -0.420. The fourth-order valence-corrected chi connectivity index (χ4v) is 7.63. The highest BCUT2D eigenvalue weighted by atomic mass is 32.2. The Labute approximate surface area is 136 Å². The third-order valence-electron chi connectivity index (χ3n) is 3.18. The second-order valence-corrected chi connectivity index (χ2v) is 9.61. The predicted molar refractivity (Wildman–Crippen MR) is 92.8 cm³/mol. The summed E-state index contributed by atoms with van der Waals surface area (Å²) in [4.78, 5) is 5.62. The molecular formula is C16H12S4. The van der Waals surface area contributed by atoms with Gasteiger partial charge >= 0.3 is 0 Å². The van der Waals surface area contributed by atoms with Gasteiger partial charge in [-0.3, -0.25) is 0 Å². The van der Waals surface area contributed by atoms with Gasteiger partial charge in [-0.15, -0.1) is 0 Å². The maximum Gasteiger partial charge on any atom is 0.0706 e. The van der Waals surface area contributed by atoms with E-state index in [9.17, 15) is 0 Å². The van der Waals surface area contributed by atoms with E-state index in [1.165, 1.54) is 39.2 Å². The van der Waals surface area contributed by atoms with Crippen LogP contribution in [0.1, 0.15) is 11.1 Å². The zero-order valence-electron chi connectivity index (χ0n) is 11.1. The molecular weight excluding hydrogens is 320 g/mol. The van der Waals surface area contributed by atoms with Crippen molar-refractivity contribution in [2.24, 2.45) is 0 Å². The molecule has 2 heterocycles. The van der Waals surface area contributed by atoms with E-state index in [2.05, 4.69) is 50.2 Å². The number of aryl methyl sites for hydroxylation is 2. The summed E-state index contributed by atoms with van der Waals surface area (Å²) in [5.41, 5.74) is 2.68. The molecule has 0 saturated heterocycles. The van der Waals surface area contributed by atoms with Gasteiger partial charge in [-0.2, -0.15) is 0 Å². The molecule has 2 aliphatic heterocycles. The molecule has 100 valence electrons. The van der Waals surface area contributed by atoms with Crippen molar-refractivity contribution in [3.63, 3.8) is 0 Å². The quantitative estimate of drug-likeness (QED) is 0.538. The topological polar surface area (TPSA) is 0 Å². The van der Waals surface area contributed by atoms with Crippen molar-refractivity contribution in [2.45, 2.75) is 33.4 Å². The molecule has 4 heteroatoms. The molecule has 2 aromatic rings. The molecule has 20 heavy (non-hydrogen) atoms. The lowest BCUT2D eigenvalue weighted by Crippen LogP contribution is -1.73.